The van der Waals surface area contributed by atoms with E-state index in [4.69, 9.17) is 16.1 Å². The highest BCUT2D eigenvalue weighted by molar-refractivity contribution is 14.0. The Balaban J connectivity index is 0.00000341. The van der Waals surface area contributed by atoms with Gasteiger partial charge in [0.1, 0.15) is 0 Å². The maximum absolute atomic E-state index is 9.71. The van der Waals surface area contributed by atoms with Gasteiger partial charge in [-0.05, 0) is 36.8 Å². The van der Waals surface area contributed by atoms with Gasteiger partial charge in [-0.2, -0.15) is 4.98 Å². The molecule has 0 spiro atoms. The first kappa shape index (κ1) is 25.1. The van der Waals surface area contributed by atoms with Crippen molar-refractivity contribution in [2.45, 2.75) is 19.3 Å². The summed E-state index contributed by atoms with van der Waals surface area (Å²) >= 11 is 5.91. The van der Waals surface area contributed by atoms with E-state index in [1.165, 1.54) is 0 Å². The number of hydrogen-bond acceptors (Lipinski definition) is 5. The minimum atomic E-state index is -0.0421. The Morgan fingerprint density at radius 3 is 2.55 bits per heavy atom. The average molecular weight is 556 g/mol. The molecule has 3 N–H and O–H groups in total. The minimum absolute atomic E-state index is 0. The lowest BCUT2D eigenvalue weighted by atomic mass is 10.0. The van der Waals surface area contributed by atoms with Crippen molar-refractivity contribution in [2.75, 3.05) is 26.2 Å². The molecule has 1 aromatic heterocycles. The number of aliphatic hydroxyl groups excluding tert-OH is 1. The Kier molecular flexibility index (Phi) is 10.8. The van der Waals surface area contributed by atoms with E-state index in [2.05, 4.69) is 25.8 Å². The standard InChI is InChI=1S/C22H26ClN5O2.HI/c1-2-24-22(26-14-18(15-29)16-6-4-3-5-7-16)25-13-12-20-27-21(28-30-20)17-8-10-19(23)11-9-17;/h3-11,18,29H,2,12-15H2,1H3,(H2,24,25,26);1H. The fraction of sp³-hybridized carbons (Fsp3) is 0.318. The van der Waals surface area contributed by atoms with Gasteiger partial charge in [-0.3, -0.25) is 4.99 Å². The molecular weight excluding hydrogens is 529 g/mol. The quantitative estimate of drug-likeness (QED) is 0.211. The summed E-state index contributed by atoms with van der Waals surface area (Å²) in [6, 6.07) is 17.2. The molecule has 31 heavy (non-hydrogen) atoms. The van der Waals surface area contributed by atoms with Crippen LogP contribution in [0.5, 0.6) is 0 Å². The van der Waals surface area contributed by atoms with Crippen LogP contribution in [-0.4, -0.2) is 47.4 Å². The zero-order valence-corrected chi connectivity index (χ0v) is 20.4. The fourth-order valence-electron chi connectivity index (χ4n) is 2.90. The molecule has 1 atom stereocenters. The number of benzene rings is 2. The van der Waals surface area contributed by atoms with Crippen LogP contribution in [0.4, 0.5) is 0 Å². The van der Waals surface area contributed by atoms with Crippen molar-refractivity contribution in [1.29, 1.82) is 0 Å². The highest BCUT2D eigenvalue weighted by Crippen LogP contribution is 2.18. The lowest BCUT2D eigenvalue weighted by Gasteiger charge is -2.15. The Morgan fingerprint density at radius 2 is 1.87 bits per heavy atom. The molecule has 9 heteroatoms. The summed E-state index contributed by atoms with van der Waals surface area (Å²) in [4.78, 5) is 9.03. The van der Waals surface area contributed by atoms with Crippen LogP contribution in [-0.2, 0) is 6.42 Å². The second-order valence-corrected chi connectivity index (χ2v) is 7.14. The lowest BCUT2D eigenvalue weighted by molar-refractivity contribution is 0.268. The van der Waals surface area contributed by atoms with Gasteiger partial charge in [0.25, 0.3) is 0 Å². The number of aliphatic imine (C=N–C) groups is 1. The average Bonchev–Trinajstić information content (AvgIpc) is 3.24. The number of nitrogens with one attached hydrogen (secondary N) is 2. The van der Waals surface area contributed by atoms with Crippen LogP contribution in [0.1, 0.15) is 24.3 Å². The molecule has 2 aromatic carbocycles. The molecule has 0 aliphatic rings. The maximum atomic E-state index is 9.71. The first-order chi connectivity index (χ1) is 14.7. The van der Waals surface area contributed by atoms with Crippen LogP contribution in [0.15, 0.2) is 64.1 Å². The summed E-state index contributed by atoms with van der Waals surface area (Å²) in [6.45, 7) is 3.86. The van der Waals surface area contributed by atoms with E-state index < -0.39 is 0 Å². The van der Waals surface area contributed by atoms with Crippen molar-refractivity contribution in [3.05, 3.63) is 71.1 Å². The zero-order chi connectivity index (χ0) is 21.2. The van der Waals surface area contributed by atoms with Gasteiger partial charge in [0.05, 0.1) is 13.2 Å². The van der Waals surface area contributed by atoms with Crippen molar-refractivity contribution in [3.63, 3.8) is 0 Å². The van der Waals surface area contributed by atoms with E-state index in [1.54, 1.807) is 12.1 Å². The zero-order valence-electron chi connectivity index (χ0n) is 17.3. The number of hydrogen-bond donors (Lipinski definition) is 3. The van der Waals surface area contributed by atoms with Crippen LogP contribution in [0, 0.1) is 0 Å². The van der Waals surface area contributed by atoms with Crippen LogP contribution >= 0.6 is 35.6 Å². The molecule has 0 aliphatic carbocycles. The highest BCUT2D eigenvalue weighted by Gasteiger charge is 2.11. The molecule has 0 saturated carbocycles. The van der Waals surface area contributed by atoms with E-state index in [1.807, 2.05) is 49.4 Å². The normalized spacial score (nSPS) is 12.2. The molecule has 0 saturated heterocycles. The van der Waals surface area contributed by atoms with E-state index >= 15 is 0 Å². The van der Waals surface area contributed by atoms with Gasteiger partial charge in [-0.25, -0.2) is 0 Å². The summed E-state index contributed by atoms with van der Waals surface area (Å²) in [7, 11) is 0. The molecule has 7 nitrogen and oxygen atoms in total. The molecule has 166 valence electrons. The van der Waals surface area contributed by atoms with Gasteiger partial charge in [0.15, 0.2) is 5.96 Å². The number of guanidine groups is 1. The van der Waals surface area contributed by atoms with Crippen molar-refractivity contribution < 1.29 is 9.63 Å². The Hall–Kier alpha value is -2.17. The van der Waals surface area contributed by atoms with Gasteiger partial charge in [-0.1, -0.05) is 47.1 Å². The number of halogens is 2. The van der Waals surface area contributed by atoms with Crippen LogP contribution in [0.2, 0.25) is 5.02 Å². The predicted molar refractivity (Wildman–Crippen MR) is 134 cm³/mol. The summed E-state index contributed by atoms with van der Waals surface area (Å²) in [5.41, 5.74) is 1.92. The van der Waals surface area contributed by atoms with Gasteiger partial charge >= 0.3 is 0 Å². The Morgan fingerprint density at radius 1 is 1.13 bits per heavy atom. The summed E-state index contributed by atoms with van der Waals surface area (Å²) in [6.07, 6.45) is 0.563. The minimum Gasteiger partial charge on any atom is -0.396 e. The number of aromatic nitrogens is 2. The molecule has 0 aliphatic heterocycles. The monoisotopic (exact) mass is 555 g/mol. The summed E-state index contributed by atoms with van der Waals surface area (Å²) in [5, 5.41) is 20.9. The van der Waals surface area contributed by atoms with E-state index in [0.29, 0.717) is 42.2 Å². The van der Waals surface area contributed by atoms with Crippen LogP contribution in [0.25, 0.3) is 11.4 Å². The molecule has 0 amide bonds. The maximum Gasteiger partial charge on any atom is 0.228 e. The molecule has 3 rings (SSSR count). The van der Waals surface area contributed by atoms with Crippen molar-refractivity contribution in [3.8, 4) is 11.4 Å². The molecule has 0 bridgehead atoms. The second-order valence-electron chi connectivity index (χ2n) is 6.71. The topological polar surface area (TPSA) is 95.6 Å². The number of nitrogens with zero attached hydrogens (tertiary/aromatic N) is 3. The molecule has 1 unspecified atom stereocenters. The first-order valence-electron chi connectivity index (χ1n) is 9.96. The largest absolute Gasteiger partial charge is 0.396 e. The number of rotatable bonds is 9. The molecule has 3 aromatic rings. The van der Waals surface area contributed by atoms with Gasteiger partial charge in [0, 0.05) is 36.0 Å². The molecule has 1 heterocycles. The molecular formula is C22H27ClIN5O2. The highest BCUT2D eigenvalue weighted by atomic mass is 127. The molecule has 0 radical (unpaired) electrons. The Labute approximate surface area is 204 Å². The van der Waals surface area contributed by atoms with Crippen molar-refractivity contribution in [2.24, 2.45) is 4.99 Å². The van der Waals surface area contributed by atoms with Crippen LogP contribution < -0.4 is 10.6 Å². The third-order valence-corrected chi connectivity index (χ3v) is 4.76. The smallest absolute Gasteiger partial charge is 0.228 e. The van der Waals surface area contributed by atoms with Crippen LogP contribution in [0.3, 0.4) is 0 Å². The third kappa shape index (κ3) is 7.79. The van der Waals surface area contributed by atoms with E-state index in [9.17, 15) is 5.11 Å². The second kappa shape index (κ2) is 13.3. The first-order valence-corrected chi connectivity index (χ1v) is 10.3. The fourth-order valence-corrected chi connectivity index (χ4v) is 3.02. The lowest BCUT2D eigenvalue weighted by Crippen LogP contribution is -2.38. The Bertz CT molecular complexity index is 935. The van der Waals surface area contributed by atoms with Gasteiger partial charge in [-0.15, -0.1) is 24.0 Å². The van der Waals surface area contributed by atoms with Gasteiger partial charge in [0.2, 0.25) is 11.7 Å². The molecule has 0 fully saturated rings. The number of aliphatic hydroxyl groups is 1. The predicted octanol–water partition coefficient (Wildman–Crippen LogP) is 3.88. The van der Waals surface area contributed by atoms with Crippen molar-refractivity contribution >= 4 is 41.5 Å². The summed E-state index contributed by atoms with van der Waals surface area (Å²) < 4.78 is 5.34. The summed E-state index contributed by atoms with van der Waals surface area (Å²) in [5.74, 6) is 1.72. The third-order valence-electron chi connectivity index (χ3n) is 4.51. The van der Waals surface area contributed by atoms with Crippen molar-refractivity contribution in [1.82, 2.24) is 20.8 Å². The van der Waals surface area contributed by atoms with Gasteiger partial charge < -0.3 is 20.3 Å². The van der Waals surface area contributed by atoms with E-state index in [-0.39, 0.29) is 36.5 Å². The van der Waals surface area contributed by atoms with E-state index in [0.717, 1.165) is 17.7 Å². The SMILES string of the molecule is CCNC(=NCC(CO)c1ccccc1)NCCc1nc(-c2ccc(Cl)cc2)no1.I.